The highest BCUT2D eigenvalue weighted by Gasteiger charge is 2.36. The van der Waals surface area contributed by atoms with Crippen LogP contribution in [0.3, 0.4) is 0 Å². The third kappa shape index (κ3) is 4.88. The van der Waals surface area contributed by atoms with Gasteiger partial charge in [0.25, 0.3) is 0 Å². The van der Waals surface area contributed by atoms with Crippen LogP contribution in [0, 0.1) is 0 Å². The van der Waals surface area contributed by atoms with Crippen LogP contribution in [0.5, 0.6) is 5.75 Å². The summed E-state index contributed by atoms with van der Waals surface area (Å²) < 4.78 is 26.5. The number of allylic oxidation sites excluding steroid dienone is 1. The highest BCUT2D eigenvalue weighted by atomic mass is 35.5. The molecule has 1 aromatic carbocycles. The van der Waals surface area contributed by atoms with E-state index >= 15 is 0 Å². The zero-order valence-electron chi connectivity index (χ0n) is 17.0. The number of phenols is 1. The number of anilines is 1. The number of carbonyl (C=O) groups excluding carboxylic acids is 1. The summed E-state index contributed by atoms with van der Waals surface area (Å²) in [6.07, 6.45) is 5.79. The minimum absolute atomic E-state index is 0.0180. The van der Waals surface area contributed by atoms with Crippen LogP contribution in [-0.4, -0.2) is 55.9 Å². The van der Waals surface area contributed by atoms with Crippen molar-refractivity contribution in [3.8, 4) is 5.75 Å². The Hall–Kier alpha value is -1.48. The zero-order valence-corrected chi connectivity index (χ0v) is 19.3. The summed E-state index contributed by atoms with van der Waals surface area (Å²) in [5, 5.41) is 15.8. The first-order chi connectivity index (χ1) is 14.1. The lowest BCUT2D eigenvalue weighted by atomic mass is 9.94. The van der Waals surface area contributed by atoms with Crippen LogP contribution in [0.25, 0.3) is 0 Å². The van der Waals surface area contributed by atoms with Crippen LogP contribution in [-0.2, 0) is 9.84 Å². The van der Waals surface area contributed by atoms with Gasteiger partial charge in [-0.2, -0.15) is 0 Å². The molecule has 0 radical (unpaired) electrons. The number of benzene rings is 1. The van der Waals surface area contributed by atoms with E-state index < -0.39 is 26.9 Å². The number of rotatable bonds is 5. The number of urea groups is 1. The molecule has 7 nitrogen and oxygen atoms in total. The van der Waals surface area contributed by atoms with E-state index in [1.807, 2.05) is 20.2 Å². The molecule has 0 saturated heterocycles. The lowest BCUT2D eigenvalue weighted by Crippen LogP contribution is -2.37. The Morgan fingerprint density at radius 3 is 2.37 bits per heavy atom. The maximum Gasteiger partial charge on any atom is 0.319 e. The van der Waals surface area contributed by atoms with Gasteiger partial charge in [-0.3, -0.25) is 0 Å². The van der Waals surface area contributed by atoms with Crippen LogP contribution >= 0.6 is 23.2 Å². The first kappa shape index (κ1) is 23.2. The second-order valence-corrected chi connectivity index (χ2v) is 11.0. The minimum Gasteiger partial charge on any atom is -0.504 e. The Kier molecular flexibility index (Phi) is 7.22. The smallest absolute Gasteiger partial charge is 0.319 e. The van der Waals surface area contributed by atoms with Gasteiger partial charge in [-0.15, -0.1) is 0 Å². The van der Waals surface area contributed by atoms with Crippen molar-refractivity contribution in [2.45, 2.75) is 60.8 Å². The standard InChI is InChI=1S/C20H27Cl2N3O4S/c1-25(2)12-6-8-13(9-7-12)30(28,29)19-15(22)10-11-17(18(19)26)24-20(27)23-16-5-3-4-14(16)21/h4,10-13,16,26H,3,5-9H2,1-2H3,(H2,23,24,27)/t12-,13+,16?. The van der Waals surface area contributed by atoms with Crippen molar-refractivity contribution in [3.05, 3.63) is 28.3 Å². The van der Waals surface area contributed by atoms with Gasteiger partial charge in [-0.1, -0.05) is 29.3 Å². The number of halogens is 2. The molecule has 0 bridgehead atoms. The fraction of sp³-hybridized carbons (Fsp3) is 0.550. The fourth-order valence-electron chi connectivity index (χ4n) is 4.08. The topological polar surface area (TPSA) is 98.7 Å². The molecule has 3 N–H and O–H groups in total. The van der Waals surface area contributed by atoms with Crippen LogP contribution in [0.15, 0.2) is 28.1 Å². The lowest BCUT2D eigenvalue weighted by Gasteiger charge is -2.32. The first-order valence-electron chi connectivity index (χ1n) is 9.96. The Morgan fingerprint density at radius 2 is 1.80 bits per heavy atom. The number of hydrogen-bond acceptors (Lipinski definition) is 5. The molecule has 2 aliphatic carbocycles. The van der Waals surface area contributed by atoms with E-state index in [0.717, 1.165) is 19.3 Å². The number of sulfone groups is 1. The van der Waals surface area contributed by atoms with Crippen molar-refractivity contribution in [1.82, 2.24) is 10.2 Å². The van der Waals surface area contributed by atoms with Crippen LogP contribution in [0.1, 0.15) is 38.5 Å². The quantitative estimate of drug-likeness (QED) is 0.556. The second-order valence-electron chi connectivity index (χ2n) is 8.03. The average molecular weight is 476 g/mol. The van der Waals surface area contributed by atoms with Crippen LogP contribution in [0.4, 0.5) is 10.5 Å². The van der Waals surface area contributed by atoms with Gasteiger partial charge in [0.1, 0.15) is 4.90 Å². The van der Waals surface area contributed by atoms with E-state index in [1.54, 1.807) is 0 Å². The van der Waals surface area contributed by atoms with Gasteiger partial charge in [0.2, 0.25) is 0 Å². The van der Waals surface area contributed by atoms with Gasteiger partial charge in [-0.05, 0) is 64.8 Å². The molecular weight excluding hydrogens is 449 g/mol. The highest BCUT2D eigenvalue weighted by molar-refractivity contribution is 7.92. The van der Waals surface area contributed by atoms with Crippen molar-refractivity contribution >= 4 is 44.8 Å². The molecule has 30 heavy (non-hydrogen) atoms. The van der Waals surface area contributed by atoms with E-state index in [0.29, 0.717) is 30.3 Å². The maximum atomic E-state index is 13.3. The van der Waals surface area contributed by atoms with E-state index in [9.17, 15) is 18.3 Å². The number of nitrogens with one attached hydrogen (secondary N) is 2. The Morgan fingerprint density at radius 1 is 1.13 bits per heavy atom. The minimum atomic E-state index is -3.86. The number of phenolic OH excluding ortho intramolecular Hbond substituents is 1. The molecule has 2 amide bonds. The summed E-state index contributed by atoms with van der Waals surface area (Å²) in [7, 11) is 0.102. The molecular formula is C20H27Cl2N3O4S. The van der Waals surface area contributed by atoms with Crippen molar-refractivity contribution < 1.29 is 18.3 Å². The molecule has 3 rings (SSSR count). The Labute approximate surface area is 187 Å². The number of nitrogens with zero attached hydrogens (tertiary/aromatic N) is 1. The largest absolute Gasteiger partial charge is 0.504 e. The Balaban J connectivity index is 1.78. The molecule has 1 fully saturated rings. The van der Waals surface area contributed by atoms with Crippen molar-refractivity contribution in [3.63, 3.8) is 0 Å². The monoisotopic (exact) mass is 475 g/mol. The summed E-state index contributed by atoms with van der Waals surface area (Å²) >= 11 is 12.2. The molecule has 1 aromatic rings. The SMILES string of the molecule is CN(C)[C@H]1CC[C@@H](S(=O)(=O)c2c(Cl)ccc(NC(=O)NC3CCC=C3Cl)c2O)CC1. The fourth-order valence-corrected chi connectivity index (χ4v) is 6.78. The van der Waals surface area contributed by atoms with Gasteiger partial charge >= 0.3 is 6.03 Å². The van der Waals surface area contributed by atoms with Crippen LogP contribution < -0.4 is 10.6 Å². The molecule has 10 heteroatoms. The molecule has 2 aliphatic rings. The molecule has 0 aromatic heterocycles. The van der Waals surface area contributed by atoms with E-state index in [4.69, 9.17) is 23.2 Å². The van der Waals surface area contributed by atoms with Crippen molar-refractivity contribution in [1.29, 1.82) is 0 Å². The highest BCUT2D eigenvalue weighted by Crippen LogP contribution is 2.41. The molecule has 1 atom stereocenters. The number of carbonyl (C=O) groups is 1. The second kappa shape index (κ2) is 9.34. The molecule has 0 spiro atoms. The van der Waals surface area contributed by atoms with Gasteiger partial charge in [0, 0.05) is 11.1 Å². The first-order valence-corrected chi connectivity index (χ1v) is 12.3. The van der Waals surface area contributed by atoms with E-state index in [1.165, 1.54) is 12.1 Å². The average Bonchev–Trinajstić information content (AvgIpc) is 3.08. The van der Waals surface area contributed by atoms with Crippen molar-refractivity contribution in [2.24, 2.45) is 0 Å². The number of amides is 2. The molecule has 1 saturated carbocycles. The molecule has 1 unspecified atom stereocenters. The van der Waals surface area contributed by atoms with E-state index in [-0.39, 0.29) is 21.6 Å². The predicted octanol–water partition coefficient (Wildman–Crippen LogP) is 4.10. The Bertz CT molecular complexity index is 942. The number of aromatic hydroxyl groups is 1. The van der Waals surface area contributed by atoms with Crippen molar-refractivity contribution in [2.75, 3.05) is 19.4 Å². The third-order valence-corrected chi connectivity index (χ3v) is 9.04. The summed E-state index contributed by atoms with van der Waals surface area (Å²) in [6, 6.07) is 2.22. The summed E-state index contributed by atoms with van der Waals surface area (Å²) in [5.74, 6) is -0.541. The number of hydrogen-bond donors (Lipinski definition) is 3. The van der Waals surface area contributed by atoms with Gasteiger partial charge in [0.05, 0.1) is 22.0 Å². The molecule has 166 valence electrons. The van der Waals surface area contributed by atoms with Gasteiger partial charge < -0.3 is 20.6 Å². The molecule has 0 heterocycles. The lowest BCUT2D eigenvalue weighted by molar-refractivity contribution is 0.230. The normalized spacial score (nSPS) is 24.6. The predicted molar refractivity (Wildman–Crippen MR) is 119 cm³/mol. The van der Waals surface area contributed by atoms with Gasteiger partial charge in [-0.25, -0.2) is 13.2 Å². The maximum absolute atomic E-state index is 13.3. The van der Waals surface area contributed by atoms with Gasteiger partial charge in [0.15, 0.2) is 15.6 Å². The summed E-state index contributed by atoms with van der Waals surface area (Å²) in [6.45, 7) is 0. The van der Waals surface area contributed by atoms with E-state index in [2.05, 4.69) is 15.5 Å². The summed E-state index contributed by atoms with van der Waals surface area (Å²) in [5.41, 5.74) is -0.0180. The molecule has 0 aliphatic heterocycles. The third-order valence-electron chi connectivity index (χ3n) is 5.86. The van der Waals surface area contributed by atoms with Crippen LogP contribution in [0.2, 0.25) is 5.02 Å². The zero-order chi connectivity index (χ0) is 22.1. The summed E-state index contributed by atoms with van der Waals surface area (Å²) in [4.78, 5) is 14.1.